The van der Waals surface area contributed by atoms with Gasteiger partial charge in [-0.15, -0.1) is 0 Å². The molecule has 0 saturated carbocycles. The largest absolute Gasteiger partial charge is 0.482 e. The smallest absolute Gasteiger partial charge is 0.344 e. The molecule has 0 heterocycles. The molecule has 2 rings (SSSR count). The molecule has 0 fully saturated rings. The van der Waals surface area contributed by atoms with Gasteiger partial charge in [0.15, 0.2) is 13.2 Å². The van der Waals surface area contributed by atoms with Crippen molar-refractivity contribution in [3.63, 3.8) is 0 Å². The zero-order valence-corrected chi connectivity index (χ0v) is 13.9. The molecule has 0 aromatic heterocycles. The number of ether oxygens (including phenoxy) is 2. The quantitative estimate of drug-likeness (QED) is 0.792. The summed E-state index contributed by atoms with van der Waals surface area (Å²) in [4.78, 5) is 23.2. The standard InChI is InChI=1S/C17H14ClF2NO4/c1-10-7-11(5-6-12(10)18)24-9-16(23)25-8-15(22)21-17-13(19)3-2-4-14(17)20/h2-7H,8-9H2,1H3,(H,21,22). The number of carbonyl (C=O) groups is 2. The lowest BCUT2D eigenvalue weighted by atomic mass is 10.2. The van der Waals surface area contributed by atoms with Crippen molar-refractivity contribution in [3.05, 3.63) is 58.6 Å². The third-order valence-corrected chi connectivity index (χ3v) is 3.50. The van der Waals surface area contributed by atoms with Gasteiger partial charge in [-0.1, -0.05) is 17.7 Å². The maximum absolute atomic E-state index is 13.4. The van der Waals surface area contributed by atoms with Crippen molar-refractivity contribution >= 4 is 29.2 Å². The number of esters is 1. The average molecular weight is 370 g/mol. The summed E-state index contributed by atoms with van der Waals surface area (Å²) in [5.74, 6) is -3.13. The Kier molecular flexibility index (Phi) is 6.30. The van der Waals surface area contributed by atoms with E-state index in [-0.39, 0.29) is 0 Å². The lowest BCUT2D eigenvalue weighted by Gasteiger charge is -2.09. The molecule has 0 aliphatic carbocycles. The summed E-state index contributed by atoms with van der Waals surface area (Å²) < 4.78 is 36.7. The van der Waals surface area contributed by atoms with E-state index < -0.39 is 42.4 Å². The lowest BCUT2D eigenvalue weighted by molar-refractivity contribution is -0.149. The maximum atomic E-state index is 13.4. The van der Waals surface area contributed by atoms with E-state index in [1.807, 2.05) is 5.32 Å². The van der Waals surface area contributed by atoms with Crippen LogP contribution in [0.1, 0.15) is 5.56 Å². The van der Waals surface area contributed by atoms with Gasteiger partial charge in [0, 0.05) is 5.02 Å². The van der Waals surface area contributed by atoms with Crippen LogP contribution in [0.2, 0.25) is 5.02 Å². The molecule has 2 aromatic rings. The summed E-state index contributed by atoms with van der Waals surface area (Å²) in [5, 5.41) is 2.56. The van der Waals surface area contributed by atoms with Crippen LogP contribution >= 0.6 is 11.6 Å². The molecule has 5 nitrogen and oxygen atoms in total. The first-order chi connectivity index (χ1) is 11.9. The second-order valence-corrected chi connectivity index (χ2v) is 5.41. The van der Waals surface area contributed by atoms with Crippen LogP contribution in [0.3, 0.4) is 0 Å². The van der Waals surface area contributed by atoms with E-state index in [9.17, 15) is 18.4 Å². The number of para-hydroxylation sites is 1. The van der Waals surface area contributed by atoms with Gasteiger partial charge in [-0.25, -0.2) is 13.6 Å². The van der Waals surface area contributed by atoms with E-state index in [1.165, 1.54) is 0 Å². The van der Waals surface area contributed by atoms with E-state index in [1.54, 1.807) is 25.1 Å². The molecule has 0 aliphatic rings. The van der Waals surface area contributed by atoms with E-state index in [2.05, 4.69) is 4.74 Å². The van der Waals surface area contributed by atoms with E-state index >= 15 is 0 Å². The Hall–Kier alpha value is -2.67. The Morgan fingerprint density at radius 2 is 1.80 bits per heavy atom. The van der Waals surface area contributed by atoms with Crippen molar-refractivity contribution in [1.82, 2.24) is 0 Å². The zero-order valence-electron chi connectivity index (χ0n) is 13.1. The molecule has 8 heteroatoms. The number of carbonyl (C=O) groups excluding carboxylic acids is 2. The third kappa shape index (κ3) is 5.42. The number of nitrogens with one attached hydrogen (secondary N) is 1. The topological polar surface area (TPSA) is 64.6 Å². The van der Waals surface area contributed by atoms with E-state index in [4.69, 9.17) is 16.3 Å². The number of benzene rings is 2. The molecule has 0 radical (unpaired) electrons. The fraction of sp³-hybridized carbons (Fsp3) is 0.176. The van der Waals surface area contributed by atoms with Crippen LogP contribution in [0.25, 0.3) is 0 Å². The monoisotopic (exact) mass is 369 g/mol. The van der Waals surface area contributed by atoms with Gasteiger partial charge >= 0.3 is 5.97 Å². The fourth-order valence-electron chi connectivity index (χ4n) is 1.83. The molecular formula is C17H14ClF2NO4. The van der Waals surface area contributed by atoms with Gasteiger partial charge in [-0.2, -0.15) is 0 Å². The molecule has 0 unspecified atom stereocenters. The third-order valence-electron chi connectivity index (χ3n) is 3.08. The SMILES string of the molecule is Cc1cc(OCC(=O)OCC(=O)Nc2c(F)cccc2F)ccc1Cl. The lowest BCUT2D eigenvalue weighted by Crippen LogP contribution is -2.24. The van der Waals surface area contributed by atoms with Crippen LogP contribution in [0, 0.1) is 18.6 Å². The second-order valence-electron chi connectivity index (χ2n) is 5.01. The van der Waals surface area contributed by atoms with Crippen molar-refractivity contribution < 1.29 is 27.8 Å². The molecular weight excluding hydrogens is 356 g/mol. The number of rotatable bonds is 6. The van der Waals surface area contributed by atoms with Gasteiger partial charge in [0.05, 0.1) is 0 Å². The Bertz CT molecular complexity index is 778. The summed E-state index contributed by atoms with van der Waals surface area (Å²) in [5.41, 5.74) is 0.176. The van der Waals surface area contributed by atoms with Gasteiger partial charge in [-0.3, -0.25) is 4.79 Å². The first-order valence-electron chi connectivity index (χ1n) is 7.15. The number of aryl methyl sites for hydroxylation is 1. The molecule has 2 aromatic carbocycles. The molecule has 0 saturated heterocycles. The highest BCUT2D eigenvalue weighted by Gasteiger charge is 2.14. The summed E-state index contributed by atoms with van der Waals surface area (Å²) in [6.45, 7) is 0.651. The summed E-state index contributed by atoms with van der Waals surface area (Å²) in [7, 11) is 0. The van der Waals surface area contributed by atoms with Crippen LogP contribution in [-0.2, 0) is 14.3 Å². The minimum atomic E-state index is -0.930. The van der Waals surface area contributed by atoms with Crippen LogP contribution in [0.15, 0.2) is 36.4 Å². The second kappa shape index (κ2) is 8.43. The van der Waals surface area contributed by atoms with Gasteiger partial charge < -0.3 is 14.8 Å². The van der Waals surface area contributed by atoms with Crippen LogP contribution in [-0.4, -0.2) is 25.1 Å². The predicted octanol–water partition coefficient (Wildman–Crippen LogP) is 3.49. The molecule has 0 spiro atoms. The molecule has 0 atom stereocenters. The minimum absolute atomic E-state index is 0.414. The number of anilines is 1. The normalized spacial score (nSPS) is 10.2. The number of amides is 1. The van der Waals surface area contributed by atoms with Crippen LogP contribution in [0.5, 0.6) is 5.75 Å². The van der Waals surface area contributed by atoms with E-state index in [0.717, 1.165) is 23.8 Å². The van der Waals surface area contributed by atoms with Gasteiger partial charge in [-0.05, 0) is 42.8 Å². The summed E-state index contributed by atoms with van der Waals surface area (Å²) in [6.07, 6.45) is 0. The number of hydrogen-bond acceptors (Lipinski definition) is 4. The molecule has 132 valence electrons. The molecule has 0 aliphatic heterocycles. The summed E-state index contributed by atoms with van der Waals surface area (Å²) >= 11 is 5.87. The highest BCUT2D eigenvalue weighted by molar-refractivity contribution is 6.31. The number of hydrogen-bond donors (Lipinski definition) is 1. The Balaban J connectivity index is 1.79. The van der Waals surface area contributed by atoms with E-state index in [0.29, 0.717) is 10.8 Å². The Morgan fingerprint density at radius 1 is 1.12 bits per heavy atom. The van der Waals surface area contributed by atoms with Crippen molar-refractivity contribution in [1.29, 1.82) is 0 Å². The summed E-state index contributed by atoms with van der Waals surface area (Å²) in [6, 6.07) is 7.99. The minimum Gasteiger partial charge on any atom is -0.482 e. The fourth-order valence-corrected chi connectivity index (χ4v) is 1.95. The first kappa shape index (κ1) is 18.7. The van der Waals surface area contributed by atoms with Crippen molar-refractivity contribution in [2.75, 3.05) is 18.5 Å². The van der Waals surface area contributed by atoms with Crippen molar-refractivity contribution in [3.8, 4) is 5.75 Å². The zero-order chi connectivity index (χ0) is 18.4. The first-order valence-corrected chi connectivity index (χ1v) is 7.53. The average Bonchev–Trinajstić information content (AvgIpc) is 2.57. The predicted molar refractivity (Wildman–Crippen MR) is 87.6 cm³/mol. The van der Waals surface area contributed by atoms with Crippen LogP contribution in [0.4, 0.5) is 14.5 Å². The van der Waals surface area contributed by atoms with Crippen molar-refractivity contribution in [2.24, 2.45) is 0 Å². The van der Waals surface area contributed by atoms with Gasteiger partial charge in [0.1, 0.15) is 23.1 Å². The van der Waals surface area contributed by atoms with Crippen molar-refractivity contribution in [2.45, 2.75) is 6.92 Å². The Labute approximate surface area is 147 Å². The maximum Gasteiger partial charge on any atom is 0.344 e. The molecule has 1 N–H and O–H groups in total. The molecule has 25 heavy (non-hydrogen) atoms. The highest BCUT2D eigenvalue weighted by atomic mass is 35.5. The van der Waals surface area contributed by atoms with Gasteiger partial charge in [0.25, 0.3) is 5.91 Å². The molecule has 0 bridgehead atoms. The molecule has 1 amide bonds. The van der Waals surface area contributed by atoms with Crippen LogP contribution < -0.4 is 10.1 Å². The Morgan fingerprint density at radius 3 is 2.44 bits per heavy atom. The van der Waals surface area contributed by atoms with Gasteiger partial charge in [0.2, 0.25) is 0 Å². The number of halogens is 3. The highest BCUT2D eigenvalue weighted by Crippen LogP contribution is 2.21.